The van der Waals surface area contributed by atoms with Gasteiger partial charge in [-0.05, 0) is 12.5 Å². The van der Waals surface area contributed by atoms with Crippen LogP contribution in [-0.4, -0.2) is 13.0 Å². The van der Waals surface area contributed by atoms with Gasteiger partial charge in [0.05, 0.1) is 0 Å². The lowest BCUT2D eigenvalue weighted by molar-refractivity contribution is 0.476. The van der Waals surface area contributed by atoms with Crippen molar-refractivity contribution in [2.75, 3.05) is 0 Å². The zero-order chi connectivity index (χ0) is 10.8. The Bertz CT molecular complexity index is 417. The summed E-state index contributed by atoms with van der Waals surface area (Å²) in [6, 6.07) is 6.90. The molecule has 0 aliphatic carbocycles. The molecule has 0 spiro atoms. The number of aryl methyl sites for hydroxylation is 1. The highest BCUT2D eigenvalue weighted by Gasteiger charge is 2.20. The Morgan fingerprint density at radius 2 is 1.86 bits per heavy atom. The Balaban J connectivity index is 3.15. The van der Waals surface area contributed by atoms with E-state index in [1.165, 1.54) is 6.08 Å². The van der Waals surface area contributed by atoms with Crippen LogP contribution in [0, 0.1) is 6.92 Å². The Kier molecular flexibility index (Phi) is 3.08. The molecule has 14 heavy (non-hydrogen) atoms. The quantitative estimate of drug-likeness (QED) is 0.616. The van der Waals surface area contributed by atoms with Gasteiger partial charge in [0.2, 0.25) is 0 Å². The fourth-order valence-corrected chi connectivity index (χ4v) is 1.93. The Morgan fingerprint density at radius 3 is 2.21 bits per heavy atom. The van der Waals surface area contributed by atoms with Gasteiger partial charge >= 0.3 is 0 Å². The molecule has 0 saturated carbocycles. The SMILES string of the molecule is C=CC(c1ccc(C)cc1)S(=O)(=O)O. The van der Waals surface area contributed by atoms with Crippen molar-refractivity contribution < 1.29 is 13.0 Å². The van der Waals surface area contributed by atoms with Crippen LogP contribution >= 0.6 is 0 Å². The predicted octanol–water partition coefficient (Wildman–Crippen LogP) is 2.11. The van der Waals surface area contributed by atoms with Crippen LogP contribution in [0.15, 0.2) is 36.9 Å². The fraction of sp³-hybridized carbons (Fsp3) is 0.200. The van der Waals surface area contributed by atoms with Crippen LogP contribution in [0.2, 0.25) is 0 Å². The predicted molar refractivity (Wildman–Crippen MR) is 55.7 cm³/mol. The first-order valence-corrected chi connectivity index (χ1v) is 5.61. The van der Waals surface area contributed by atoms with Crippen molar-refractivity contribution in [3.63, 3.8) is 0 Å². The van der Waals surface area contributed by atoms with Gasteiger partial charge in [-0.1, -0.05) is 35.9 Å². The number of hydrogen-bond acceptors (Lipinski definition) is 2. The molecule has 0 radical (unpaired) electrons. The molecule has 0 aromatic heterocycles. The average molecular weight is 212 g/mol. The van der Waals surface area contributed by atoms with Gasteiger partial charge in [0, 0.05) is 0 Å². The summed E-state index contributed by atoms with van der Waals surface area (Å²) in [4.78, 5) is 0. The second-order valence-corrected chi connectivity index (χ2v) is 4.62. The lowest BCUT2D eigenvalue weighted by atomic mass is 10.1. The zero-order valence-corrected chi connectivity index (χ0v) is 8.66. The minimum Gasteiger partial charge on any atom is -0.285 e. The molecule has 1 aromatic carbocycles. The average Bonchev–Trinajstić information content (AvgIpc) is 2.07. The summed E-state index contributed by atoms with van der Waals surface area (Å²) in [7, 11) is -4.10. The molecule has 0 aliphatic heterocycles. The molecular weight excluding hydrogens is 200 g/mol. The molecular formula is C10H12O3S. The lowest BCUT2D eigenvalue weighted by Crippen LogP contribution is -2.09. The molecule has 1 atom stereocenters. The standard InChI is InChI=1S/C10H12O3S/c1-3-10(14(11,12)13)9-6-4-8(2)5-7-9/h3-7,10H,1H2,2H3,(H,11,12,13). The molecule has 0 saturated heterocycles. The summed E-state index contributed by atoms with van der Waals surface area (Å²) >= 11 is 0. The highest BCUT2D eigenvalue weighted by molar-refractivity contribution is 7.86. The van der Waals surface area contributed by atoms with E-state index < -0.39 is 15.4 Å². The van der Waals surface area contributed by atoms with Gasteiger partial charge < -0.3 is 0 Å². The molecule has 1 aromatic rings. The van der Waals surface area contributed by atoms with Crippen LogP contribution in [0.5, 0.6) is 0 Å². The van der Waals surface area contributed by atoms with Crippen LogP contribution in [0.3, 0.4) is 0 Å². The highest BCUT2D eigenvalue weighted by atomic mass is 32.2. The van der Waals surface area contributed by atoms with Gasteiger partial charge in [-0.2, -0.15) is 8.42 Å². The van der Waals surface area contributed by atoms with E-state index in [1.807, 2.05) is 6.92 Å². The van der Waals surface area contributed by atoms with Crippen molar-refractivity contribution in [1.29, 1.82) is 0 Å². The maximum absolute atomic E-state index is 10.9. The van der Waals surface area contributed by atoms with Gasteiger partial charge in [-0.25, -0.2) is 0 Å². The summed E-state index contributed by atoms with van der Waals surface area (Å²) < 4.78 is 30.8. The minimum atomic E-state index is -4.10. The summed E-state index contributed by atoms with van der Waals surface area (Å²) in [5.74, 6) is 0. The first-order valence-electron chi connectivity index (χ1n) is 4.10. The summed E-state index contributed by atoms with van der Waals surface area (Å²) in [5.41, 5.74) is 1.56. The Morgan fingerprint density at radius 1 is 1.36 bits per heavy atom. The normalized spacial score (nSPS) is 13.6. The molecule has 3 nitrogen and oxygen atoms in total. The van der Waals surface area contributed by atoms with Gasteiger partial charge in [-0.15, -0.1) is 6.58 Å². The number of benzene rings is 1. The van der Waals surface area contributed by atoms with Crippen molar-refractivity contribution in [2.45, 2.75) is 12.2 Å². The topological polar surface area (TPSA) is 54.4 Å². The van der Waals surface area contributed by atoms with E-state index >= 15 is 0 Å². The van der Waals surface area contributed by atoms with E-state index in [-0.39, 0.29) is 0 Å². The van der Waals surface area contributed by atoms with Crippen LogP contribution in [0.4, 0.5) is 0 Å². The number of hydrogen-bond donors (Lipinski definition) is 1. The molecule has 4 heteroatoms. The molecule has 1 unspecified atom stereocenters. The van der Waals surface area contributed by atoms with Crippen LogP contribution in [-0.2, 0) is 10.1 Å². The van der Waals surface area contributed by atoms with Crippen molar-refractivity contribution in [3.8, 4) is 0 Å². The van der Waals surface area contributed by atoms with E-state index in [9.17, 15) is 8.42 Å². The summed E-state index contributed by atoms with van der Waals surface area (Å²) in [6.45, 7) is 5.29. The molecule has 0 aliphatic rings. The van der Waals surface area contributed by atoms with Crippen LogP contribution in [0.25, 0.3) is 0 Å². The van der Waals surface area contributed by atoms with E-state index in [1.54, 1.807) is 24.3 Å². The minimum absolute atomic E-state index is 0.521. The van der Waals surface area contributed by atoms with Crippen molar-refractivity contribution in [1.82, 2.24) is 0 Å². The van der Waals surface area contributed by atoms with Gasteiger partial charge in [0.25, 0.3) is 10.1 Å². The molecule has 0 bridgehead atoms. The second-order valence-electron chi connectivity index (χ2n) is 3.08. The largest absolute Gasteiger partial charge is 0.285 e. The van der Waals surface area contributed by atoms with Crippen LogP contribution < -0.4 is 0 Å². The molecule has 1 N–H and O–H groups in total. The van der Waals surface area contributed by atoms with E-state index in [2.05, 4.69) is 6.58 Å². The summed E-state index contributed by atoms with van der Waals surface area (Å²) in [5, 5.41) is -1.04. The third-order valence-electron chi connectivity index (χ3n) is 1.94. The maximum atomic E-state index is 10.9. The molecule has 0 heterocycles. The molecule has 1 rings (SSSR count). The van der Waals surface area contributed by atoms with Crippen molar-refractivity contribution in [2.24, 2.45) is 0 Å². The van der Waals surface area contributed by atoms with Gasteiger partial charge in [0.1, 0.15) is 5.25 Å². The molecule has 76 valence electrons. The first kappa shape index (κ1) is 10.9. The molecule has 0 amide bonds. The van der Waals surface area contributed by atoms with E-state index in [0.29, 0.717) is 5.56 Å². The van der Waals surface area contributed by atoms with E-state index in [0.717, 1.165) is 5.56 Å². The smallest absolute Gasteiger partial charge is 0.275 e. The second kappa shape index (κ2) is 3.94. The fourth-order valence-electron chi connectivity index (χ4n) is 1.19. The Hall–Kier alpha value is -1.13. The summed E-state index contributed by atoms with van der Waals surface area (Å²) in [6.07, 6.45) is 1.21. The maximum Gasteiger partial charge on any atom is 0.275 e. The first-order chi connectivity index (χ1) is 6.45. The van der Waals surface area contributed by atoms with Crippen molar-refractivity contribution in [3.05, 3.63) is 48.0 Å². The zero-order valence-electron chi connectivity index (χ0n) is 7.84. The van der Waals surface area contributed by atoms with Crippen LogP contribution in [0.1, 0.15) is 16.4 Å². The van der Waals surface area contributed by atoms with Gasteiger partial charge in [-0.3, -0.25) is 4.55 Å². The third kappa shape index (κ3) is 2.43. The molecule has 0 fully saturated rings. The highest BCUT2D eigenvalue weighted by Crippen LogP contribution is 2.22. The lowest BCUT2D eigenvalue weighted by Gasteiger charge is -2.09. The third-order valence-corrected chi connectivity index (χ3v) is 3.05. The van der Waals surface area contributed by atoms with Crippen molar-refractivity contribution >= 4 is 10.1 Å². The number of rotatable bonds is 3. The Labute approximate surface area is 83.8 Å². The van der Waals surface area contributed by atoms with Gasteiger partial charge in [0.15, 0.2) is 0 Å². The monoisotopic (exact) mass is 212 g/mol. The van der Waals surface area contributed by atoms with E-state index in [4.69, 9.17) is 4.55 Å².